The zero-order valence-corrected chi connectivity index (χ0v) is 6.07. The van der Waals surface area contributed by atoms with E-state index in [2.05, 4.69) is 4.74 Å². The molecule has 3 heteroatoms. The lowest BCUT2D eigenvalue weighted by Crippen LogP contribution is -2.38. The second kappa shape index (κ2) is 2.82. The van der Waals surface area contributed by atoms with E-state index >= 15 is 0 Å². The van der Waals surface area contributed by atoms with Gasteiger partial charge in [-0.05, 0) is 12.8 Å². The topological polar surface area (TPSA) is 9.23 Å². The van der Waals surface area contributed by atoms with Gasteiger partial charge in [0.05, 0.1) is 0 Å². The van der Waals surface area contributed by atoms with Crippen LogP contribution in [0.2, 0.25) is 0 Å². The van der Waals surface area contributed by atoms with Crippen LogP contribution in [0.15, 0.2) is 0 Å². The third kappa shape index (κ3) is 1.45. The van der Waals surface area contributed by atoms with Crippen molar-refractivity contribution >= 4 is 0 Å². The van der Waals surface area contributed by atoms with Crippen LogP contribution in [0.3, 0.4) is 0 Å². The third-order valence-corrected chi connectivity index (χ3v) is 2.00. The van der Waals surface area contributed by atoms with Gasteiger partial charge in [-0.25, -0.2) is 8.78 Å². The minimum absolute atomic E-state index is 0.383. The van der Waals surface area contributed by atoms with Crippen molar-refractivity contribution in [2.75, 3.05) is 13.2 Å². The van der Waals surface area contributed by atoms with E-state index in [0.29, 0.717) is 19.4 Å². The van der Waals surface area contributed by atoms with Crippen molar-refractivity contribution < 1.29 is 13.5 Å². The molecule has 1 unspecified atom stereocenters. The zero-order chi connectivity index (χ0) is 7.61. The molecule has 1 atom stereocenters. The minimum Gasteiger partial charge on any atom is -0.375 e. The van der Waals surface area contributed by atoms with Crippen LogP contribution >= 0.6 is 0 Å². The van der Waals surface area contributed by atoms with Gasteiger partial charge in [0, 0.05) is 12.5 Å². The van der Waals surface area contributed by atoms with Gasteiger partial charge >= 0.3 is 0 Å². The van der Waals surface area contributed by atoms with E-state index in [1.54, 1.807) is 6.92 Å². The van der Waals surface area contributed by atoms with Gasteiger partial charge in [0.25, 0.3) is 5.92 Å². The number of rotatable bonds is 1. The van der Waals surface area contributed by atoms with Gasteiger partial charge in [-0.3, -0.25) is 0 Å². The van der Waals surface area contributed by atoms with Crippen LogP contribution in [0.1, 0.15) is 19.8 Å². The number of hydrogen-bond acceptors (Lipinski definition) is 1. The minimum atomic E-state index is -2.58. The van der Waals surface area contributed by atoms with E-state index < -0.39 is 11.8 Å². The first-order chi connectivity index (χ1) is 4.67. The lowest BCUT2D eigenvalue weighted by atomic mass is 9.94. The predicted molar refractivity (Wildman–Crippen MR) is 34.2 cm³/mol. The molecule has 10 heavy (non-hydrogen) atoms. The molecule has 0 aromatic carbocycles. The van der Waals surface area contributed by atoms with Crippen molar-refractivity contribution in [1.82, 2.24) is 0 Å². The largest absolute Gasteiger partial charge is 0.375 e. The molecule has 1 nitrogen and oxygen atoms in total. The highest BCUT2D eigenvalue weighted by atomic mass is 19.3. The Morgan fingerprint density at radius 3 is 2.70 bits per heavy atom. The predicted octanol–water partition coefficient (Wildman–Crippen LogP) is 2.07. The highest BCUT2D eigenvalue weighted by Crippen LogP contribution is 2.33. The van der Waals surface area contributed by atoms with Crippen LogP contribution in [0, 0.1) is 5.92 Å². The molecule has 0 bridgehead atoms. The number of ether oxygens (including phenoxy) is 1. The van der Waals surface area contributed by atoms with Crippen molar-refractivity contribution in [3.63, 3.8) is 0 Å². The van der Waals surface area contributed by atoms with Gasteiger partial charge in [0.1, 0.15) is 6.61 Å². The van der Waals surface area contributed by atoms with E-state index in [9.17, 15) is 8.78 Å². The van der Waals surface area contributed by atoms with E-state index in [-0.39, 0.29) is 6.61 Å². The van der Waals surface area contributed by atoms with Crippen LogP contribution in [0.4, 0.5) is 8.78 Å². The molecule has 1 heterocycles. The van der Waals surface area contributed by atoms with E-state index in [0.717, 1.165) is 0 Å². The van der Waals surface area contributed by atoms with Crippen molar-refractivity contribution in [3.8, 4) is 0 Å². The van der Waals surface area contributed by atoms with Crippen molar-refractivity contribution in [3.05, 3.63) is 0 Å². The maximum absolute atomic E-state index is 12.7. The normalized spacial score (nSPS) is 32.1. The quantitative estimate of drug-likeness (QED) is 0.556. The Hall–Kier alpha value is -0.180. The van der Waals surface area contributed by atoms with Crippen LogP contribution in [-0.4, -0.2) is 19.1 Å². The summed E-state index contributed by atoms with van der Waals surface area (Å²) in [5.41, 5.74) is 0. The molecular weight excluding hydrogens is 138 g/mol. The average molecular weight is 150 g/mol. The van der Waals surface area contributed by atoms with E-state index in [4.69, 9.17) is 0 Å². The van der Waals surface area contributed by atoms with Crippen molar-refractivity contribution in [2.24, 2.45) is 5.92 Å². The second-order valence-electron chi connectivity index (χ2n) is 2.71. The molecule has 1 fully saturated rings. The van der Waals surface area contributed by atoms with Crippen molar-refractivity contribution in [1.29, 1.82) is 0 Å². The van der Waals surface area contributed by atoms with Gasteiger partial charge in [0.15, 0.2) is 0 Å². The van der Waals surface area contributed by atoms with Gasteiger partial charge in [-0.1, -0.05) is 6.92 Å². The molecule has 0 saturated carbocycles. The highest BCUT2D eigenvalue weighted by molar-refractivity contribution is 4.78. The fourth-order valence-corrected chi connectivity index (χ4v) is 1.27. The molecule has 0 aromatic rings. The van der Waals surface area contributed by atoms with E-state index in [1.807, 2.05) is 0 Å². The Kier molecular flexibility index (Phi) is 2.24. The monoisotopic (exact) mass is 150 g/mol. The van der Waals surface area contributed by atoms with Gasteiger partial charge in [-0.2, -0.15) is 0 Å². The zero-order valence-electron chi connectivity index (χ0n) is 6.07. The molecule has 0 spiro atoms. The molecule has 1 aliphatic heterocycles. The Morgan fingerprint density at radius 1 is 1.60 bits per heavy atom. The maximum atomic E-state index is 12.7. The fourth-order valence-electron chi connectivity index (χ4n) is 1.27. The molecule has 1 saturated heterocycles. The lowest BCUT2D eigenvalue weighted by Gasteiger charge is -2.30. The maximum Gasteiger partial charge on any atom is 0.273 e. The van der Waals surface area contributed by atoms with Crippen molar-refractivity contribution in [2.45, 2.75) is 25.7 Å². The summed E-state index contributed by atoms with van der Waals surface area (Å²) in [5.74, 6) is -3.03. The SMILES string of the molecule is CCC1CCOCC1(F)F. The first-order valence-electron chi connectivity index (χ1n) is 3.62. The molecule has 0 N–H and O–H groups in total. The standard InChI is InChI=1S/C7H12F2O/c1-2-6-3-4-10-5-7(6,8)9/h6H,2-5H2,1H3. The summed E-state index contributed by atoms with van der Waals surface area (Å²) in [6.07, 6.45) is 1.06. The summed E-state index contributed by atoms with van der Waals surface area (Å²) < 4.78 is 30.2. The Morgan fingerprint density at radius 2 is 2.30 bits per heavy atom. The van der Waals surface area contributed by atoms with Gasteiger partial charge in [-0.15, -0.1) is 0 Å². The fraction of sp³-hybridized carbons (Fsp3) is 1.00. The summed E-state index contributed by atoms with van der Waals surface area (Å²) >= 11 is 0. The summed E-state index contributed by atoms with van der Waals surface area (Å²) in [4.78, 5) is 0. The molecule has 0 amide bonds. The number of alkyl halides is 2. The lowest BCUT2D eigenvalue weighted by molar-refractivity contribution is -0.154. The van der Waals surface area contributed by atoms with E-state index in [1.165, 1.54) is 0 Å². The first-order valence-corrected chi connectivity index (χ1v) is 3.62. The first kappa shape index (κ1) is 7.92. The molecule has 0 aromatic heterocycles. The third-order valence-electron chi connectivity index (χ3n) is 2.00. The Bertz CT molecular complexity index is 114. The molecule has 0 radical (unpaired) electrons. The molecular formula is C7H12F2O. The van der Waals surface area contributed by atoms with Gasteiger partial charge < -0.3 is 4.74 Å². The van der Waals surface area contributed by atoms with Crippen LogP contribution in [0.5, 0.6) is 0 Å². The molecule has 60 valence electrons. The summed E-state index contributed by atoms with van der Waals surface area (Å²) in [6.45, 7) is 1.91. The second-order valence-corrected chi connectivity index (χ2v) is 2.71. The molecule has 0 aliphatic carbocycles. The molecule has 1 aliphatic rings. The number of hydrogen-bond donors (Lipinski definition) is 0. The van der Waals surface area contributed by atoms with Crippen LogP contribution in [0.25, 0.3) is 0 Å². The average Bonchev–Trinajstić information content (AvgIpc) is 1.87. The van der Waals surface area contributed by atoms with Gasteiger partial charge in [0.2, 0.25) is 0 Å². The summed E-state index contributed by atoms with van der Waals surface area (Å²) in [5, 5.41) is 0. The Balaban J connectivity index is 2.51. The van der Waals surface area contributed by atoms with Crippen LogP contribution in [-0.2, 0) is 4.74 Å². The Labute approximate surface area is 59.4 Å². The smallest absolute Gasteiger partial charge is 0.273 e. The number of halogens is 2. The summed E-state index contributed by atoms with van der Waals surface area (Å²) in [7, 11) is 0. The molecule has 1 rings (SSSR count). The van der Waals surface area contributed by atoms with Crippen LogP contribution < -0.4 is 0 Å². The summed E-state index contributed by atoms with van der Waals surface area (Å²) in [6, 6.07) is 0. The highest BCUT2D eigenvalue weighted by Gasteiger charge is 2.40.